The standard InChI is InChI=1S/C32H45N3O5/c1-7-11-19-33(17-8-2)30(39)27-32-20-22(5)31(6,40-32)25(26(32)29(38)35(27)23(10-4)21-36)28(37)34(18-9-3)24-15-13-12-14-16-24/h8-9,12-16,22-23,25-27,36H,2-3,7,10-11,17-21H2,1,4-6H3/t22?,23-,25-,26-,27?,31+,32?/m0/s1. The van der Waals surface area contributed by atoms with Crippen molar-refractivity contribution in [2.45, 2.75) is 76.7 Å². The molecule has 2 bridgehead atoms. The first-order chi connectivity index (χ1) is 19.2. The molecule has 218 valence electrons. The molecule has 1 aromatic rings. The Kier molecular flexibility index (Phi) is 8.90. The van der Waals surface area contributed by atoms with Crippen molar-refractivity contribution in [3.05, 3.63) is 55.6 Å². The molecule has 3 fully saturated rings. The van der Waals surface area contributed by atoms with Gasteiger partial charge in [-0.05, 0) is 44.2 Å². The molecule has 1 N–H and O–H groups in total. The smallest absolute Gasteiger partial charge is 0.248 e. The van der Waals surface area contributed by atoms with Gasteiger partial charge in [0.05, 0.1) is 30.1 Å². The van der Waals surface area contributed by atoms with Crippen LogP contribution < -0.4 is 4.90 Å². The summed E-state index contributed by atoms with van der Waals surface area (Å²) in [4.78, 5) is 48.4. The van der Waals surface area contributed by atoms with Gasteiger partial charge < -0.3 is 24.5 Å². The number of nitrogens with zero attached hydrogens (tertiary/aromatic N) is 3. The van der Waals surface area contributed by atoms with Gasteiger partial charge in [-0.3, -0.25) is 14.4 Å². The molecule has 1 spiro atoms. The third-order valence-corrected chi connectivity index (χ3v) is 9.42. The number of para-hydroxylation sites is 1. The number of amides is 3. The minimum Gasteiger partial charge on any atom is -0.394 e. The number of aliphatic hydroxyl groups excluding tert-OH is 1. The van der Waals surface area contributed by atoms with E-state index in [4.69, 9.17) is 4.74 Å². The van der Waals surface area contributed by atoms with Crippen LogP contribution in [0.2, 0.25) is 0 Å². The number of aliphatic hydroxyl groups is 1. The normalized spacial score (nSPS) is 31.1. The van der Waals surface area contributed by atoms with Gasteiger partial charge in [0.2, 0.25) is 17.7 Å². The van der Waals surface area contributed by atoms with Gasteiger partial charge in [-0.2, -0.15) is 0 Å². The molecule has 0 aliphatic carbocycles. The Morgan fingerprint density at radius 3 is 2.42 bits per heavy atom. The van der Waals surface area contributed by atoms with Crippen LogP contribution in [0.15, 0.2) is 55.6 Å². The van der Waals surface area contributed by atoms with E-state index in [1.165, 1.54) is 0 Å². The van der Waals surface area contributed by atoms with Crippen LogP contribution in [0.25, 0.3) is 0 Å². The Hall–Kier alpha value is -2.97. The Bertz CT molecular complexity index is 1120. The van der Waals surface area contributed by atoms with Crippen LogP contribution in [0.4, 0.5) is 5.69 Å². The molecule has 40 heavy (non-hydrogen) atoms. The molecule has 4 rings (SSSR count). The molecule has 8 heteroatoms. The Morgan fingerprint density at radius 2 is 1.85 bits per heavy atom. The van der Waals surface area contributed by atoms with E-state index in [1.54, 1.807) is 26.9 Å². The zero-order valence-corrected chi connectivity index (χ0v) is 24.4. The summed E-state index contributed by atoms with van der Waals surface area (Å²) in [5.74, 6) is -2.38. The number of carbonyl (C=O) groups excluding carboxylic acids is 3. The molecule has 3 aliphatic rings. The second kappa shape index (κ2) is 11.9. The highest BCUT2D eigenvalue weighted by molar-refractivity contribution is 6.03. The van der Waals surface area contributed by atoms with Crippen molar-refractivity contribution in [1.29, 1.82) is 0 Å². The lowest BCUT2D eigenvalue weighted by Crippen LogP contribution is -2.59. The summed E-state index contributed by atoms with van der Waals surface area (Å²) in [5.41, 5.74) is -1.37. The van der Waals surface area contributed by atoms with Crippen LogP contribution >= 0.6 is 0 Å². The average molecular weight is 552 g/mol. The fraction of sp³-hybridized carbons (Fsp3) is 0.594. The Morgan fingerprint density at radius 1 is 1.18 bits per heavy atom. The van der Waals surface area contributed by atoms with E-state index >= 15 is 0 Å². The van der Waals surface area contributed by atoms with Crippen LogP contribution in [0.3, 0.4) is 0 Å². The van der Waals surface area contributed by atoms with Gasteiger partial charge in [-0.25, -0.2) is 0 Å². The largest absolute Gasteiger partial charge is 0.394 e. The van der Waals surface area contributed by atoms with Crippen LogP contribution in [0, 0.1) is 17.8 Å². The molecule has 3 saturated heterocycles. The van der Waals surface area contributed by atoms with Crippen molar-refractivity contribution >= 4 is 23.4 Å². The summed E-state index contributed by atoms with van der Waals surface area (Å²) < 4.78 is 6.90. The molecule has 0 aromatic heterocycles. The quantitative estimate of drug-likeness (QED) is 0.377. The number of likely N-dealkylation sites (tertiary alicyclic amines) is 1. The van der Waals surface area contributed by atoms with Crippen LogP contribution in [-0.4, -0.2) is 82.2 Å². The molecule has 0 saturated carbocycles. The number of hydrogen-bond acceptors (Lipinski definition) is 5. The third kappa shape index (κ3) is 4.59. The first kappa shape index (κ1) is 30.0. The number of carbonyl (C=O) groups is 3. The van der Waals surface area contributed by atoms with Crippen LogP contribution in [0.5, 0.6) is 0 Å². The molecule has 0 radical (unpaired) electrons. The summed E-state index contributed by atoms with van der Waals surface area (Å²) in [5, 5.41) is 10.3. The zero-order chi connectivity index (χ0) is 29.2. The van der Waals surface area contributed by atoms with Crippen molar-refractivity contribution in [2.24, 2.45) is 17.8 Å². The van der Waals surface area contributed by atoms with E-state index in [2.05, 4.69) is 20.1 Å². The summed E-state index contributed by atoms with van der Waals surface area (Å²) in [6, 6.07) is 7.88. The minimum atomic E-state index is -1.16. The van der Waals surface area contributed by atoms with E-state index in [0.29, 0.717) is 31.6 Å². The van der Waals surface area contributed by atoms with Crippen molar-refractivity contribution in [3.63, 3.8) is 0 Å². The van der Waals surface area contributed by atoms with Gasteiger partial charge >= 0.3 is 0 Å². The lowest BCUT2D eigenvalue weighted by Gasteiger charge is -2.39. The number of unbranched alkanes of at least 4 members (excludes halogenated alkanes) is 1. The lowest BCUT2D eigenvalue weighted by atomic mass is 9.62. The highest BCUT2D eigenvalue weighted by Gasteiger charge is 2.80. The molecule has 8 nitrogen and oxygen atoms in total. The average Bonchev–Trinajstić information content (AvgIpc) is 3.47. The van der Waals surface area contributed by atoms with Gasteiger partial charge in [0.25, 0.3) is 0 Å². The van der Waals surface area contributed by atoms with E-state index in [0.717, 1.165) is 12.8 Å². The SMILES string of the molecule is C=CCN(CCCC)C(=O)C1N([C@@H](CC)CO)C(=O)[C@@H]2[C@@H](C(=O)N(CC=C)c3ccccc3)[C@]3(C)OC12CC3C. The summed E-state index contributed by atoms with van der Waals surface area (Å²) in [7, 11) is 0. The summed E-state index contributed by atoms with van der Waals surface area (Å²) >= 11 is 0. The van der Waals surface area contributed by atoms with E-state index in [-0.39, 0.29) is 36.8 Å². The molecular formula is C32H45N3O5. The number of fused-ring (bicyclic) bond motifs is 1. The molecule has 1 aromatic carbocycles. The van der Waals surface area contributed by atoms with Gasteiger partial charge in [0, 0.05) is 25.3 Å². The van der Waals surface area contributed by atoms with Gasteiger partial charge in [0.15, 0.2) is 0 Å². The fourth-order valence-electron chi connectivity index (χ4n) is 7.34. The second-order valence-corrected chi connectivity index (χ2v) is 11.7. The molecule has 3 unspecified atom stereocenters. The van der Waals surface area contributed by atoms with E-state index in [9.17, 15) is 19.5 Å². The van der Waals surface area contributed by atoms with Crippen molar-refractivity contribution in [2.75, 3.05) is 31.1 Å². The number of anilines is 1. The van der Waals surface area contributed by atoms with Gasteiger partial charge in [-0.15, -0.1) is 13.2 Å². The lowest BCUT2D eigenvalue weighted by molar-refractivity contribution is -0.155. The van der Waals surface area contributed by atoms with Crippen molar-refractivity contribution in [3.8, 4) is 0 Å². The van der Waals surface area contributed by atoms with Crippen molar-refractivity contribution < 1.29 is 24.2 Å². The van der Waals surface area contributed by atoms with Gasteiger partial charge in [0.1, 0.15) is 11.6 Å². The molecule has 3 aliphatic heterocycles. The topological polar surface area (TPSA) is 90.4 Å². The Labute approximate surface area is 238 Å². The maximum atomic E-state index is 14.5. The predicted octanol–water partition coefficient (Wildman–Crippen LogP) is 3.80. The van der Waals surface area contributed by atoms with Crippen LogP contribution in [0.1, 0.15) is 53.4 Å². The molecule has 7 atom stereocenters. The summed E-state index contributed by atoms with van der Waals surface area (Å²) in [6.45, 7) is 16.5. The zero-order valence-electron chi connectivity index (χ0n) is 24.4. The van der Waals surface area contributed by atoms with E-state index < -0.39 is 35.1 Å². The van der Waals surface area contributed by atoms with Gasteiger partial charge in [-0.1, -0.05) is 57.5 Å². The monoisotopic (exact) mass is 551 g/mol. The van der Waals surface area contributed by atoms with Crippen molar-refractivity contribution in [1.82, 2.24) is 9.80 Å². The van der Waals surface area contributed by atoms with E-state index in [1.807, 2.05) is 51.1 Å². The predicted molar refractivity (Wildman–Crippen MR) is 155 cm³/mol. The maximum Gasteiger partial charge on any atom is 0.248 e. The number of ether oxygens (including phenoxy) is 1. The molecule has 3 heterocycles. The minimum absolute atomic E-state index is 0.0696. The Balaban J connectivity index is 1.85. The fourth-order valence-corrected chi connectivity index (χ4v) is 7.34. The second-order valence-electron chi connectivity index (χ2n) is 11.7. The highest BCUT2D eigenvalue weighted by Crippen LogP contribution is 2.66. The highest BCUT2D eigenvalue weighted by atomic mass is 16.5. The summed E-state index contributed by atoms with van der Waals surface area (Å²) in [6.07, 6.45) is 6.07. The van der Waals surface area contributed by atoms with Crippen LogP contribution in [-0.2, 0) is 19.1 Å². The first-order valence-corrected chi connectivity index (χ1v) is 14.7. The third-order valence-electron chi connectivity index (χ3n) is 9.42. The molecule has 3 amide bonds. The number of rotatable bonds is 13. The number of benzene rings is 1. The first-order valence-electron chi connectivity index (χ1n) is 14.7. The maximum absolute atomic E-state index is 14.5. The number of hydrogen-bond donors (Lipinski definition) is 1. The molecular weight excluding hydrogens is 506 g/mol.